The van der Waals surface area contributed by atoms with Gasteiger partial charge in [-0.15, -0.1) is 0 Å². The molecule has 0 bridgehead atoms. The predicted molar refractivity (Wildman–Crippen MR) is 125 cm³/mol. The van der Waals surface area contributed by atoms with E-state index in [1.54, 1.807) is 29.2 Å². The molecule has 5 nitrogen and oxygen atoms in total. The minimum absolute atomic E-state index is 0.0580. The minimum atomic E-state index is -0.111. The molecule has 0 spiro atoms. The van der Waals surface area contributed by atoms with Crippen molar-refractivity contribution in [3.05, 3.63) is 64.7 Å². The zero-order valence-corrected chi connectivity index (χ0v) is 18.9. The van der Waals surface area contributed by atoms with Gasteiger partial charge in [-0.1, -0.05) is 23.7 Å². The van der Waals surface area contributed by atoms with Gasteiger partial charge in [0.25, 0.3) is 5.91 Å². The number of carbonyl (C=O) groups is 2. The van der Waals surface area contributed by atoms with Gasteiger partial charge in [0.15, 0.2) is 0 Å². The van der Waals surface area contributed by atoms with Crippen molar-refractivity contribution < 1.29 is 9.59 Å². The van der Waals surface area contributed by atoms with E-state index in [1.165, 1.54) is 5.56 Å². The number of hydrogen-bond acceptors (Lipinski definition) is 3. The zero-order chi connectivity index (χ0) is 22.0. The van der Waals surface area contributed by atoms with Gasteiger partial charge in [0.05, 0.1) is 0 Å². The van der Waals surface area contributed by atoms with E-state index in [4.69, 9.17) is 11.6 Å². The first kappa shape index (κ1) is 21.7. The summed E-state index contributed by atoms with van der Waals surface area (Å²) in [7, 11) is 3.76. The van der Waals surface area contributed by atoms with Crippen LogP contribution in [-0.2, 0) is 4.79 Å². The van der Waals surface area contributed by atoms with Gasteiger partial charge in [0.1, 0.15) is 6.04 Å². The Labute approximate surface area is 189 Å². The van der Waals surface area contributed by atoms with Gasteiger partial charge >= 0.3 is 0 Å². The van der Waals surface area contributed by atoms with E-state index in [0.29, 0.717) is 16.5 Å². The normalized spacial score (nSPS) is 23.6. The molecule has 4 rings (SSSR count). The third kappa shape index (κ3) is 4.87. The van der Waals surface area contributed by atoms with Gasteiger partial charge in [0.2, 0.25) is 5.91 Å². The molecule has 2 aromatic rings. The standard InChI is InChI=1S/C25H30ClN3O2/c1-28-16-15-23(25(28)31)27-21-11-5-17(6-12-21)18-7-13-22(14-8-18)29(2)24(30)19-3-9-20(26)10-4-19/h3-6,9-12,18,22-23,27H,7-8,13-16H2,1-2H3/t18?,22?,23-/m1/s1. The summed E-state index contributed by atoms with van der Waals surface area (Å²) in [6, 6.07) is 15.8. The summed E-state index contributed by atoms with van der Waals surface area (Å²) in [6.07, 6.45) is 5.00. The lowest BCUT2D eigenvalue weighted by molar-refractivity contribution is -0.127. The molecule has 1 aliphatic carbocycles. The van der Waals surface area contributed by atoms with Crippen LogP contribution in [-0.4, -0.2) is 54.3 Å². The van der Waals surface area contributed by atoms with Crippen molar-refractivity contribution in [1.29, 1.82) is 0 Å². The third-order valence-corrected chi connectivity index (χ3v) is 7.06. The maximum absolute atomic E-state index is 12.8. The number of halogens is 1. The van der Waals surface area contributed by atoms with Crippen LogP contribution in [0.15, 0.2) is 48.5 Å². The summed E-state index contributed by atoms with van der Waals surface area (Å²) >= 11 is 5.94. The number of nitrogens with zero attached hydrogens (tertiary/aromatic N) is 2. The second-order valence-corrected chi connectivity index (χ2v) is 9.23. The Balaban J connectivity index is 1.30. The number of amides is 2. The Morgan fingerprint density at radius 1 is 1.00 bits per heavy atom. The fourth-order valence-electron chi connectivity index (χ4n) is 4.77. The number of anilines is 1. The van der Waals surface area contributed by atoms with Crippen molar-refractivity contribution in [3.63, 3.8) is 0 Å². The summed E-state index contributed by atoms with van der Waals surface area (Å²) in [4.78, 5) is 28.5. The largest absolute Gasteiger partial charge is 0.374 e. The molecule has 1 N–H and O–H groups in total. The van der Waals surface area contributed by atoms with Crippen molar-refractivity contribution in [3.8, 4) is 0 Å². The lowest BCUT2D eigenvalue weighted by atomic mass is 9.81. The first-order valence-corrected chi connectivity index (χ1v) is 11.4. The van der Waals surface area contributed by atoms with Crippen molar-refractivity contribution in [2.45, 2.75) is 50.1 Å². The van der Waals surface area contributed by atoms with Crippen molar-refractivity contribution in [2.24, 2.45) is 0 Å². The Kier molecular flexibility index (Phi) is 6.51. The molecule has 2 fully saturated rings. The quantitative estimate of drug-likeness (QED) is 0.729. The molecule has 1 heterocycles. The number of rotatable bonds is 5. The molecule has 1 atom stereocenters. The highest BCUT2D eigenvalue weighted by Crippen LogP contribution is 2.35. The summed E-state index contributed by atoms with van der Waals surface area (Å²) in [5, 5.41) is 4.00. The molecule has 31 heavy (non-hydrogen) atoms. The van der Waals surface area contributed by atoms with Crippen LogP contribution in [0.1, 0.15) is 53.9 Å². The number of carbonyl (C=O) groups excluding carboxylic acids is 2. The van der Waals surface area contributed by atoms with Crippen LogP contribution in [0.5, 0.6) is 0 Å². The Morgan fingerprint density at radius 3 is 2.23 bits per heavy atom. The molecule has 2 amide bonds. The molecule has 0 aromatic heterocycles. The van der Waals surface area contributed by atoms with Crippen molar-refractivity contribution in [2.75, 3.05) is 26.0 Å². The van der Waals surface area contributed by atoms with E-state index in [-0.39, 0.29) is 23.9 Å². The fourth-order valence-corrected chi connectivity index (χ4v) is 4.89. The highest BCUT2D eigenvalue weighted by molar-refractivity contribution is 6.30. The van der Waals surface area contributed by atoms with Gasteiger partial charge in [0, 0.05) is 43.0 Å². The van der Waals surface area contributed by atoms with Crippen LogP contribution < -0.4 is 5.32 Å². The second kappa shape index (κ2) is 9.31. The Morgan fingerprint density at radius 2 is 1.65 bits per heavy atom. The van der Waals surface area contributed by atoms with E-state index in [9.17, 15) is 9.59 Å². The van der Waals surface area contributed by atoms with Crippen LogP contribution in [0, 0.1) is 0 Å². The Hall–Kier alpha value is -2.53. The highest BCUT2D eigenvalue weighted by Gasteiger charge is 2.29. The van der Waals surface area contributed by atoms with Gasteiger partial charge in [-0.05, 0) is 80.0 Å². The number of hydrogen-bond donors (Lipinski definition) is 1. The number of likely N-dealkylation sites (N-methyl/N-ethyl adjacent to an activating group) is 1. The topological polar surface area (TPSA) is 52.6 Å². The van der Waals surface area contributed by atoms with Crippen molar-refractivity contribution in [1.82, 2.24) is 9.80 Å². The molecule has 1 saturated carbocycles. The van der Waals surface area contributed by atoms with Crippen LogP contribution in [0.3, 0.4) is 0 Å². The summed E-state index contributed by atoms with van der Waals surface area (Å²) in [5.74, 6) is 0.742. The molecule has 1 aliphatic heterocycles. The van der Waals surface area contributed by atoms with Gasteiger partial charge < -0.3 is 15.1 Å². The van der Waals surface area contributed by atoms with Crippen LogP contribution >= 0.6 is 11.6 Å². The number of nitrogens with one attached hydrogen (secondary N) is 1. The van der Waals surface area contributed by atoms with Crippen molar-refractivity contribution >= 4 is 29.1 Å². The van der Waals surface area contributed by atoms with Crippen LogP contribution in [0.25, 0.3) is 0 Å². The van der Waals surface area contributed by atoms with Gasteiger partial charge in [-0.25, -0.2) is 0 Å². The maximum Gasteiger partial charge on any atom is 0.253 e. The minimum Gasteiger partial charge on any atom is -0.374 e. The molecule has 0 unspecified atom stereocenters. The average molecular weight is 440 g/mol. The summed E-state index contributed by atoms with van der Waals surface area (Å²) in [6.45, 7) is 0.812. The SMILES string of the molecule is CN1CC[C@@H](Nc2ccc(C3CCC(N(C)C(=O)c4ccc(Cl)cc4)CC3)cc2)C1=O. The van der Waals surface area contributed by atoms with E-state index >= 15 is 0 Å². The second-order valence-electron chi connectivity index (χ2n) is 8.80. The number of benzene rings is 2. The highest BCUT2D eigenvalue weighted by atomic mass is 35.5. The number of likely N-dealkylation sites (tertiary alicyclic amines) is 1. The molecule has 2 aromatic carbocycles. The van der Waals surface area contributed by atoms with E-state index in [1.807, 2.05) is 19.0 Å². The van der Waals surface area contributed by atoms with Crippen LogP contribution in [0.4, 0.5) is 5.69 Å². The van der Waals surface area contributed by atoms with E-state index in [0.717, 1.165) is 44.3 Å². The molecule has 6 heteroatoms. The monoisotopic (exact) mass is 439 g/mol. The molecular formula is C25H30ClN3O2. The molecule has 2 aliphatic rings. The molecular weight excluding hydrogens is 410 g/mol. The molecule has 1 saturated heterocycles. The smallest absolute Gasteiger partial charge is 0.253 e. The van der Waals surface area contributed by atoms with Gasteiger partial charge in [-0.3, -0.25) is 9.59 Å². The molecule has 164 valence electrons. The van der Waals surface area contributed by atoms with E-state index in [2.05, 4.69) is 29.6 Å². The third-order valence-electron chi connectivity index (χ3n) is 6.81. The first-order valence-electron chi connectivity index (χ1n) is 11.1. The molecule has 0 radical (unpaired) electrons. The lowest BCUT2D eigenvalue weighted by Gasteiger charge is -2.35. The summed E-state index contributed by atoms with van der Waals surface area (Å²) < 4.78 is 0. The van der Waals surface area contributed by atoms with Crippen LogP contribution in [0.2, 0.25) is 5.02 Å². The predicted octanol–water partition coefficient (Wildman–Crippen LogP) is 4.78. The fraction of sp³-hybridized carbons (Fsp3) is 0.440. The van der Waals surface area contributed by atoms with E-state index < -0.39 is 0 Å². The summed E-state index contributed by atoms with van der Waals surface area (Å²) in [5.41, 5.74) is 3.02. The average Bonchev–Trinajstić information content (AvgIpc) is 3.11. The van der Waals surface area contributed by atoms with Gasteiger partial charge in [-0.2, -0.15) is 0 Å². The maximum atomic E-state index is 12.8. The zero-order valence-electron chi connectivity index (χ0n) is 18.2. The lowest BCUT2D eigenvalue weighted by Crippen LogP contribution is -2.39. The first-order chi connectivity index (χ1) is 14.9. The Bertz CT molecular complexity index is 921.